The Bertz CT molecular complexity index is 322. The van der Waals surface area contributed by atoms with Crippen molar-refractivity contribution in [3.05, 3.63) is 30.5 Å². The summed E-state index contributed by atoms with van der Waals surface area (Å²) in [7, 11) is 0. The normalized spacial score (nSPS) is 8.55. The highest BCUT2D eigenvalue weighted by atomic mass is 32.1. The van der Waals surface area contributed by atoms with Gasteiger partial charge < -0.3 is 0 Å². The van der Waals surface area contributed by atoms with Gasteiger partial charge in [-0.3, -0.25) is 0 Å². The van der Waals surface area contributed by atoms with E-state index in [1.54, 1.807) is 0 Å². The van der Waals surface area contributed by atoms with Crippen molar-refractivity contribution in [1.29, 1.82) is 10.8 Å². The number of rotatable bonds is 0. The summed E-state index contributed by atoms with van der Waals surface area (Å²) in [6.07, 6.45) is 1.89. The molecule has 0 fully saturated rings. The molecule has 3 nitrogen and oxygen atoms in total. The Labute approximate surface area is 67.9 Å². The number of fused-ring (bicyclic) bond motifs is 1. The van der Waals surface area contributed by atoms with E-state index in [2.05, 4.69) is 16.5 Å². The summed E-state index contributed by atoms with van der Waals surface area (Å²) in [6, 6.07) is 8.20. The summed E-state index contributed by atoms with van der Waals surface area (Å²) in [5.74, 6) is 0. The summed E-state index contributed by atoms with van der Waals surface area (Å²) in [4.78, 5) is 0. The minimum atomic E-state index is 1.24. The maximum Gasteiger partial charge on any atom is 0.0549 e. The first-order valence-electron chi connectivity index (χ1n) is 2.96. The van der Waals surface area contributed by atoms with E-state index in [1.807, 2.05) is 18.3 Å². The van der Waals surface area contributed by atoms with Crippen LogP contribution in [0.25, 0.3) is 10.1 Å². The molecule has 4 heteroatoms. The molecule has 0 aliphatic carbocycles. The van der Waals surface area contributed by atoms with Gasteiger partial charge in [0.1, 0.15) is 0 Å². The zero-order valence-corrected chi connectivity index (χ0v) is 6.45. The zero-order valence-electron chi connectivity index (χ0n) is 5.64. The Morgan fingerprint density at radius 1 is 1.18 bits per heavy atom. The molecule has 0 aliphatic heterocycles. The molecular formula is C7H5N3S. The molecule has 0 unspecified atom stereocenters. The van der Waals surface area contributed by atoms with Gasteiger partial charge >= 0.3 is 0 Å². The lowest BCUT2D eigenvalue weighted by Gasteiger charge is -1.80. The van der Waals surface area contributed by atoms with Gasteiger partial charge in [-0.25, -0.2) is 0 Å². The molecule has 0 bridgehead atoms. The zero-order chi connectivity index (χ0) is 8.10. The lowest BCUT2D eigenvalue weighted by Crippen LogP contribution is -1.56. The second-order valence-corrected chi connectivity index (χ2v) is 2.70. The highest BCUT2D eigenvalue weighted by molar-refractivity contribution is 7.13. The molecule has 0 N–H and O–H groups in total. The van der Waals surface area contributed by atoms with Gasteiger partial charge in [0, 0.05) is 22.4 Å². The van der Waals surface area contributed by atoms with Crippen LogP contribution in [0.15, 0.2) is 30.5 Å². The Kier molecular flexibility index (Phi) is 2.53. The first-order chi connectivity index (χ1) is 5.47. The smallest absolute Gasteiger partial charge is 0.0549 e. The number of hydrogen-bond donors (Lipinski definition) is 0. The SMILES string of the molecule is N#N.c1ccc2sncc2c1. The van der Waals surface area contributed by atoms with Crippen molar-refractivity contribution >= 4 is 21.6 Å². The van der Waals surface area contributed by atoms with E-state index < -0.39 is 0 Å². The minimum Gasteiger partial charge on any atom is -0.200 e. The fraction of sp³-hybridized carbons (Fsp3) is 0. The third-order valence-electron chi connectivity index (χ3n) is 1.26. The van der Waals surface area contributed by atoms with Crippen molar-refractivity contribution in [2.45, 2.75) is 0 Å². The second kappa shape index (κ2) is 3.64. The predicted molar refractivity (Wildman–Crippen MR) is 43.1 cm³/mol. The van der Waals surface area contributed by atoms with Crippen LogP contribution in [-0.2, 0) is 0 Å². The quantitative estimate of drug-likeness (QED) is 0.560. The Morgan fingerprint density at radius 2 is 1.91 bits per heavy atom. The van der Waals surface area contributed by atoms with Crippen molar-refractivity contribution < 1.29 is 0 Å². The fourth-order valence-electron chi connectivity index (χ4n) is 0.810. The summed E-state index contributed by atoms with van der Waals surface area (Å²) < 4.78 is 5.30. The average Bonchev–Trinajstić information content (AvgIpc) is 2.55. The lowest BCUT2D eigenvalue weighted by atomic mass is 10.3. The van der Waals surface area contributed by atoms with Gasteiger partial charge in [-0.15, -0.1) is 0 Å². The van der Waals surface area contributed by atoms with Crippen LogP contribution in [0, 0.1) is 10.8 Å². The van der Waals surface area contributed by atoms with Gasteiger partial charge in [-0.1, -0.05) is 18.2 Å². The summed E-state index contributed by atoms with van der Waals surface area (Å²) in [6.45, 7) is 0. The van der Waals surface area contributed by atoms with Gasteiger partial charge in [0.25, 0.3) is 0 Å². The minimum absolute atomic E-state index is 1.24. The van der Waals surface area contributed by atoms with Crippen molar-refractivity contribution in [2.75, 3.05) is 0 Å². The van der Waals surface area contributed by atoms with Crippen LogP contribution >= 0.6 is 11.5 Å². The van der Waals surface area contributed by atoms with Crippen molar-refractivity contribution in [2.24, 2.45) is 0 Å². The molecule has 2 rings (SSSR count). The van der Waals surface area contributed by atoms with Crippen molar-refractivity contribution in [3.63, 3.8) is 0 Å². The molecule has 0 saturated heterocycles. The van der Waals surface area contributed by atoms with Gasteiger partial charge in [-0.05, 0) is 17.6 Å². The van der Waals surface area contributed by atoms with Crippen molar-refractivity contribution in [1.82, 2.24) is 4.37 Å². The highest BCUT2D eigenvalue weighted by Crippen LogP contribution is 2.15. The maximum atomic E-state index is 6.00. The molecule has 1 aromatic heterocycles. The monoisotopic (exact) mass is 163 g/mol. The number of aromatic nitrogens is 1. The predicted octanol–water partition coefficient (Wildman–Crippen LogP) is 2.33. The van der Waals surface area contributed by atoms with Crippen LogP contribution in [0.1, 0.15) is 0 Å². The molecule has 1 aromatic carbocycles. The topological polar surface area (TPSA) is 60.5 Å². The standard InChI is InChI=1S/C7H5NS.N2/c1-2-4-7-6(3-1)5-8-9-7;1-2/h1-5H;. The van der Waals surface area contributed by atoms with E-state index in [4.69, 9.17) is 10.8 Å². The first-order valence-corrected chi connectivity index (χ1v) is 3.73. The molecule has 0 spiro atoms. The van der Waals surface area contributed by atoms with Crippen LogP contribution in [0.4, 0.5) is 0 Å². The van der Waals surface area contributed by atoms with Gasteiger partial charge in [0.2, 0.25) is 0 Å². The molecule has 11 heavy (non-hydrogen) atoms. The first kappa shape index (κ1) is 7.63. The molecule has 2 aromatic rings. The van der Waals surface area contributed by atoms with E-state index in [0.717, 1.165) is 0 Å². The molecule has 0 aliphatic rings. The highest BCUT2D eigenvalue weighted by Gasteiger charge is 1.89. The largest absolute Gasteiger partial charge is 0.200 e. The van der Waals surface area contributed by atoms with E-state index in [1.165, 1.54) is 21.6 Å². The van der Waals surface area contributed by atoms with Crippen LogP contribution in [0.2, 0.25) is 0 Å². The lowest BCUT2D eigenvalue weighted by molar-refractivity contribution is 1.15. The Balaban J connectivity index is 0.000000281. The van der Waals surface area contributed by atoms with Gasteiger partial charge in [-0.2, -0.15) is 4.37 Å². The van der Waals surface area contributed by atoms with Crippen LogP contribution in [-0.4, -0.2) is 4.37 Å². The number of hydrogen-bond acceptors (Lipinski definition) is 4. The van der Waals surface area contributed by atoms with Crippen molar-refractivity contribution in [3.8, 4) is 0 Å². The van der Waals surface area contributed by atoms with Gasteiger partial charge in [0.05, 0.1) is 4.70 Å². The van der Waals surface area contributed by atoms with Crippen LogP contribution in [0.5, 0.6) is 0 Å². The maximum absolute atomic E-state index is 6.00. The molecular weight excluding hydrogens is 158 g/mol. The van der Waals surface area contributed by atoms with Gasteiger partial charge in [0.15, 0.2) is 0 Å². The third-order valence-corrected chi connectivity index (χ3v) is 2.04. The molecule has 1 heterocycles. The van der Waals surface area contributed by atoms with E-state index >= 15 is 0 Å². The molecule has 0 atom stereocenters. The average molecular weight is 163 g/mol. The van der Waals surface area contributed by atoms with Crippen LogP contribution < -0.4 is 0 Å². The Hall–Kier alpha value is -1.47. The summed E-state index contributed by atoms with van der Waals surface area (Å²) in [5, 5.41) is 13.2. The molecule has 0 radical (unpaired) electrons. The Morgan fingerprint density at radius 3 is 2.64 bits per heavy atom. The van der Waals surface area contributed by atoms with E-state index in [9.17, 15) is 0 Å². The number of benzene rings is 1. The van der Waals surface area contributed by atoms with E-state index in [-0.39, 0.29) is 0 Å². The third kappa shape index (κ3) is 1.51. The summed E-state index contributed by atoms with van der Waals surface area (Å²) >= 11 is 1.54. The van der Waals surface area contributed by atoms with Crippen LogP contribution in [0.3, 0.4) is 0 Å². The molecule has 0 saturated carbocycles. The number of nitrogens with zero attached hydrogens (tertiary/aromatic N) is 3. The fourth-order valence-corrected chi connectivity index (χ4v) is 1.46. The summed E-state index contributed by atoms with van der Waals surface area (Å²) in [5.41, 5.74) is 0. The van der Waals surface area contributed by atoms with E-state index in [0.29, 0.717) is 0 Å². The molecule has 54 valence electrons. The second-order valence-electron chi connectivity index (χ2n) is 1.86. The molecule has 0 amide bonds.